The molecule has 0 atom stereocenters. The quantitative estimate of drug-likeness (QED) is 0.329. The average molecular weight is 514 g/mol. The second-order valence-electron chi connectivity index (χ2n) is 5.83. The van der Waals surface area contributed by atoms with Crippen LogP contribution in [-0.4, -0.2) is 20.0 Å². The third-order valence-electron chi connectivity index (χ3n) is 4.38. The summed E-state index contributed by atoms with van der Waals surface area (Å²) in [6.45, 7) is 0. The van der Waals surface area contributed by atoms with E-state index >= 15 is 0 Å². The van der Waals surface area contributed by atoms with Gasteiger partial charge in [0.1, 0.15) is 5.65 Å². The molecule has 1 radical (unpaired) electrons. The van der Waals surface area contributed by atoms with Crippen molar-refractivity contribution in [2.75, 3.05) is 0 Å². The summed E-state index contributed by atoms with van der Waals surface area (Å²) in [4.78, 5) is 0. The number of hydrogen-bond acceptors (Lipinski definition) is 3. The van der Waals surface area contributed by atoms with Crippen LogP contribution in [0.2, 0.25) is 0 Å². The Morgan fingerprint density at radius 2 is 1.46 bits per heavy atom. The molecule has 0 bridgehead atoms. The van der Waals surface area contributed by atoms with Crippen LogP contribution in [0.3, 0.4) is 0 Å². The van der Waals surface area contributed by atoms with Gasteiger partial charge >= 0.3 is 0 Å². The Hall–Kier alpha value is -2.88. The monoisotopic (exact) mass is 514 g/mol. The second-order valence-corrected chi connectivity index (χ2v) is 5.83. The van der Waals surface area contributed by atoms with Crippen LogP contribution in [-0.2, 0) is 20.1 Å². The first-order valence-corrected chi connectivity index (χ1v) is 8.09. The van der Waals surface area contributed by atoms with E-state index in [0.29, 0.717) is 5.65 Å². The van der Waals surface area contributed by atoms with Gasteiger partial charge in [0.05, 0.1) is 5.69 Å². The Bertz CT molecular complexity index is 1180. The molecule has 2 heterocycles. The summed E-state index contributed by atoms with van der Waals surface area (Å²) in [7, 11) is 0. The number of nitrogens with zero attached hydrogens (tertiary/aromatic N) is 4. The first-order chi connectivity index (χ1) is 12.4. The molecule has 127 valence electrons. The van der Waals surface area contributed by atoms with Crippen LogP contribution in [0.1, 0.15) is 0 Å². The molecule has 0 N–H and O–H groups in total. The minimum atomic E-state index is 0. The molecular formula is C21H13IrN4-. The largest absolute Gasteiger partial charge is 0.233 e. The molecule has 0 spiro atoms. The topological polar surface area (TPSA) is 43.1 Å². The van der Waals surface area contributed by atoms with Gasteiger partial charge in [0, 0.05) is 20.1 Å². The van der Waals surface area contributed by atoms with Crippen molar-refractivity contribution in [2.45, 2.75) is 0 Å². The number of benzene rings is 3. The van der Waals surface area contributed by atoms with Crippen molar-refractivity contribution in [3.8, 4) is 22.4 Å². The summed E-state index contributed by atoms with van der Waals surface area (Å²) in [6, 6.07) is 29.9. The standard InChI is InChI=1S/C21H13N4.Ir/c1-3-9-15(10-4-1)19-17-13-7-8-14-18(17)21-22-23-24-25(21)20(19)16-11-5-2-6-12-16;/h1-13H;/q-1;. The van der Waals surface area contributed by atoms with Gasteiger partial charge in [-0.15, -0.1) is 24.3 Å². The Morgan fingerprint density at radius 1 is 0.769 bits per heavy atom. The summed E-state index contributed by atoms with van der Waals surface area (Å²) in [5, 5.41) is 14.4. The zero-order valence-corrected chi connectivity index (χ0v) is 16.0. The molecule has 0 saturated carbocycles. The second kappa shape index (κ2) is 6.79. The van der Waals surface area contributed by atoms with Gasteiger partial charge in [-0.2, -0.15) is 5.10 Å². The zero-order valence-electron chi connectivity index (χ0n) is 13.6. The Kier molecular flexibility index (Phi) is 4.33. The molecule has 2 aromatic heterocycles. The van der Waals surface area contributed by atoms with E-state index < -0.39 is 0 Å². The Morgan fingerprint density at radius 3 is 2.19 bits per heavy atom. The minimum absolute atomic E-state index is 0. The molecule has 0 saturated heterocycles. The van der Waals surface area contributed by atoms with Gasteiger partial charge in [-0.05, 0) is 27.1 Å². The molecule has 4 nitrogen and oxygen atoms in total. The van der Waals surface area contributed by atoms with Gasteiger partial charge in [-0.25, -0.2) is 4.52 Å². The number of aromatic nitrogens is 4. The number of hydrogen-bond donors (Lipinski definition) is 0. The van der Waals surface area contributed by atoms with Crippen molar-refractivity contribution < 1.29 is 20.1 Å². The first-order valence-electron chi connectivity index (χ1n) is 8.09. The van der Waals surface area contributed by atoms with E-state index in [1.807, 2.05) is 53.0 Å². The fourth-order valence-corrected chi connectivity index (χ4v) is 3.32. The fourth-order valence-electron chi connectivity index (χ4n) is 3.32. The molecule has 0 fully saturated rings. The normalized spacial score (nSPS) is 10.8. The van der Waals surface area contributed by atoms with Gasteiger partial charge in [0.2, 0.25) is 0 Å². The predicted octanol–water partition coefficient (Wildman–Crippen LogP) is 4.41. The summed E-state index contributed by atoms with van der Waals surface area (Å²) in [5.41, 5.74) is 5.01. The van der Waals surface area contributed by atoms with Gasteiger partial charge < -0.3 is 0 Å². The fraction of sp³-hybridized carbons (Fsp3) is 0. The number of pyridine rings is 1. The summed E-state index contributed by atoms with van der Waals surface area (Å²) < 4.78 is 1.82. The number of tetrazole rings is 1. The third-order valence-corrected chi connectivity index (χ3v) is 4.38. The van der Waals surface area contributed by atoms with Crippen LogP contribution in [0.15, 0.2) is 78.9 Å². The van der Waals surface area contributed by atoms with Crippen molar-refractivity contribution in [1.29, 1.82) is 0 Å². The van der Waals surface area contributed by atoms with Crippen molar-refractivity contribution in [3.05, 3.63) is 84.9 Å². The van der Waals surface area contributed by atoms with Crippen LogP contribution >= 0.6 is 0 Å². The van der Waals surface area contributed by atoms with Crippen molar-refractivity contribution >= 4 is 16.4 Å². The minimum Gasteiger partial charge on any atom is -0.233 e. The number of rotatable bonds is 2. The van der Waals surface area contributed by atoms with Crippen molar-refractivity contribution in [2.24, 2.45) is 0 Å². The Labute approximate surface area is 163 Å². The maximum Gasteiger partial charge on any atom is 0.104 e. The summed E-state index contributed by atoms with van der Waals surface area (Å²) >= 11 is 0. The maximum atomic E-state index is 4.27. The van der Waals surface area contributed by atoms with E-state index in [2.05, 4.69) is 51.9 Å². The SMILES string of the molecule is [Ir].[c-]1cccc2c(-c3ccccc3)c(-c3ccccc3)n3nnnc3c12. The maximum absolute atomic E-state index is 4.27. The zero-order chi connectivity index (χ0) is 16.6. The van der Waals surface area contributed by atoms with E-state index in [9.17, 15) is 0 Å². The van der Waals surface area contributed by atoms with Crippen LogP contribution < -0.4 is 0 Å². The van der Waals surface area contributed by atoms with E-state index in [1.165, 1.54) is 0 Å². The molecule has 0 aliphatic rings. The molecule has 0 amide bonds. The first kappa shape index (κ1) is 16.6. The van der Waals surface area contributed by atoms with E-state index in [-0.39, 0.29) is 20.1 Å². The summed E-state index contributed by atoms with van der Waals surface area (Å²) in [5.74, 6) is 0. The van der Waals surface area contributed by atoms with Gasteiger partial charge in [0.15, 0.2) is 0 Å². The van der Waals surface area contributed by atoms with Gasteiger partial charge in [-0.1, -0.05) is 71.4 Å². The van der Waals surface area contributed by atoms with E-state index in [4.69, 9.17) is 0 Å². The van der Waals surface area contributed by atoms with Crippen molar-refractivity contribution in [3.63, 3.8) is 0 Å². The molecule has 0 aliphatic carbocycles. The van der Waals surface area contributed by atoms with Gasteiger partial charge in [0.25, 0.3) is 0 Å². The molecule has 5 rings (SSSR count). The van der Waals surface area contributed by atoms with E-state index in [0.717, 1.165) is 33.2 Å². The number of fused-ring (bicyclic) bond motifs is 3. The predicted molar refractivity (Wildman–Crippen MR) is 98.0 cm³/mol. The molecule has 26 heavy (non-hydrogen) atoms. The molecule has 0 unspecified atom stereocenters. The molecular weight excluding hydrogens is 500 g/mol. The Balaban J connectivity index is 0.00000168. The molecule has 5 aromatic rings. The average Bonchev–Trinajstić information content (AvgIpc) is 3.18. The molecule has 0 aliphatic heterocycles. The van der Waals surface area contributed by atoms with Crippen LogP contribution in [0.25, 0.3) is 38.8 Å². The van der Waals surface area contributed by atoms with E-state index in [1.54, 1.807) is 0 Å². The van der Waals surface area contributed by atoms with Crippen LogP contribution in [0.4, 0.5) is 0 Å². The van der Waals surface area contributed by atoms with Crippen molar-refractivity contribution in [1.82, 2.24) is 20.0 Å². The van der Waals surface area contributed by atoms with Crippen LogP contribution in [0, 0.1) is 6.07 Å². The molecule has 5 heteroatoms. The third kappa shape index (κ3) is 2.53. The summed E-state index contributed by atoms with van der Waals surface area (Å²) in [6.07, 6.45) is 0. The molecule has 3 aromatic carbocycles. The van der Waals surface area contributed by atoms with Gasteiger partial charge in [-0.3, -0.25) is 0 Å². The smallest absolute Gasteiger partial charge is 0.104 e. The van der Waals surface area contributed by atoms with Crippen LogP contribution in [0.5, 0.6) is 0 Å².